The van der Waals surface area contributed by atoms with E-state index in [0.717, 1.165) is 12.1 Å². The van der Waals surface area contributed by atoms with Crippen LogP contribution in [0.25, 0.3) is 0 Å². The molecule has 0 aromatic heterocycles. The highest BCUT2D eigenvalue weighted by atomic mass is 19.4. The van der Waals surface area contributed by atoms with E-state index in [2.05, 4.69) is 5.32 Å². The molecule has 2 unspecified atom stereocenters. The second-order valence-electron chi connectivity index (χ2n) is 7.32. The van der Waals surface area contributed by atoms with Gasteiger partial charge in [-0.3, -0.25) is 4.79 Å². The summed E-state index contributed by atoms with van der Waals surface area (Å²) in [6.07, 6.45) is -5.78. The maximum absolute atomic E-state index is 13.7. The maximum atomic E-state index is 13.7. The minimum atomic E-state index is -5.78. The lowest BCUT2D eigenvalue weighted by atomic mass is 9.92. The van der Waals surface area contributed by atoms with Crippen LogP contribution in [0.2, 0.25) is 0 Å². The van der Waals surface area contributed by atoms with Crippen molar-refractivity contribution in [3.05, 3.63) is 23.8 Å². The second-order valence-corrected chi connectivity index (χ2v) is 7.32. The second kappa shape index (κ2) is 7.14. The van der Waals surface area contributed by atoms with Crippen molar-refractivity contribution in [2.24, 2.45) is 5.92 Å². The highest BCUT2D eigenvalue weighted by Gasteiger charge is 2.60. The van der Waals surface area contributed by atoms with Crippen molar-refractivity contribution in [3.63, 3.8) is 0 Å². The molecule has 27 heavy (non-hydrogen) atoms. The largest absolute Gasteiger partial charge is 0.493 e. The molecular formula is C17H21F5N2O3. The SMILES string of the molecule is CC(C)(C)OC(=O)C1NCC1COc1cc(N)ccc1C(F)(F)C(F)(F)F. The quantitative estimate of drug-likeness (QED) is 0.454. The molecule has 1 saturated heterocycles. The van der Waals surface area contributed by atoms with Crippen molar-refractivity contribution in [1.29, 1.82) is 0 Å². The molecule has 10 heteroatoms. The minimum Gasteiger partial charge on any atom is -0.493 e. The third-order valence-corrected chi connectivity index (χ3v) is 3.88. The molecule has 3 N–H and O–H groups in total. The predicted molar refractivity (Wildman–Crippen MR) is 87.4 cm³/mol. The average Bonchev–Trinajstić information content (AvgIpc) is 2.42. The molecule has 0 aliphatic carbocycles. The van der Waals surface area contributed by atoms with Gasteiger partial charge in [0.15, 0.2) is 0 Å². The topological polar surface area (TPSA) is 73.6 Å². The normalized spacial score (nSPS) is 20.7. The minimum absolute atomic E-state index is 0.0258. The van der Waals surface area contributed by atoms with Crippen molar-refractivity contribution in [2.45, 2.75) is 44.5 Å². The van der Waals surface area contributed by atoms with Crippen LogP contribution in [-0.2, 0) is 15.5 Å². The number of nitrogens with one attached hydrogen (secondary N) is 1. The Kier molecular flexibility index (Phi) is 5.61. The molecule has 1 heterocycles. The predicted octanol–water partition coefficient (Wildman–Crippen LogP) is 3.23. The molecule has 1 aliphatic rings. The summed E-state index contributed by atoms with van der Waals surface area (Å²) in [5.74, 6) is -6.75. The van der Waals surface area contributed by atoms with E-state index < -0.39 is 46.9 Å². The Balaban J connectivity index is 2.12. The van der Waals surface area contributed by atoms with Gasteiger partial charge in [-0.05, 0) is 32.9 Å². The van der Waals surface area contributed by atoms with Crippen LogP contribution >= 0.6 is 0 Å². The van der Waals surface area contributed by atoms with E-state index in [4.69, 9.17) is 15.2 Å². The van der Waals surface area contributed by atoms with Gasteiger partial charge in [-0.1, -0.05) is 0 Å². The van der Waals surface area contributed by atoms with Gasteiger partial charge in [0.2, 0.25) is 0 Å². The first kappa shape index (κ1) is 21.2. The monoisotopic (exact) mass is 396 g/mol. The summed E-state index contributed by atoms with van der Waals surface area (Å²) in [7, 11) is 0. The van der Waals surface area contributed by atoms with Crippen LogP contribution in [-0.4, -0.2) is 36.9 Å². The van der Waals surface area contributed by atoms with E-state index in [-0.39, 0.29) is 12.3 Å². The van der Waals surface area contributed by atoms with Gasteiger partial charge in [0, 0.05) is 24.2 Å². The molecule has 5 nitrogen and oxygen atoms in total. The maximum Gasteiger partial charge on any atom is 0.458 e. The van der Waals surface area contributed by atoms with E-state index in [0.29, 0.717) is 12.6 Å². The van der Waals surface area contributed by atoms with Gasteiger partial charge in [0.25, 0.3) is 0 Å². The van der Waals surface area contributed by atoms with Gasteiger partial charge in [-0.2, -0.15) is 22.0 Å². The number of carbonyl (C=O) groups is 1. The summed E-state index contributed by atoms with van der Waals surface area (Å²) in [4.78, 5) is 12.0. The van der Waals surface area contributed by atoms with Gasteiger partial charge in [0.1, 0.15) is 17.4 Å². The number of nitrogens with two attached hydrogens (primary N) is 1. The van der Waals surface area contributed by atoms with Gasteiger partial charge in [-0.15, -0.1) is 0 Å². The van der Waals surface area contributed by atoms with E-state index in [1.54, 1.807) is 20.8 Å². The summed E-state index contributed by atoms with van der Waals surface area (Å²) in [6, 6.07) is 1.71. The first-order chi connectivity index (χ1) is 12.2. The zero-order chi connectivity index (χ0) is 20.6. The lowest BCUT2D eigenvalue weighted by molar-refractivity contribution is -0.289. The Morgan fingerprint density at radius 1 is 1.22 bits per heavy atom. The third kappa shape index (κ3) is 4.79. The number of carbonyl (C=O) groups excluding carboxylic acids is 1. The molecule has 0 bridgehead atoms. The Hall–Kier alpha value is -2.10. The van der Waals surface area contributed by atoms with Crippen LogP contribution in [0.3, 0.4) is 0 Å². The van der Waals surface area contributed by atoms with Crippen LogP contribution in [0.5, 0.6) is 5.75 Å². The number of hydrogen-bond acceptors (Lipinski definition) is 5. The number of ether oxygens (including phenoxy) is 2. The number of halogens is 5. The number of benzene rings is 1. The van der Waals surface area contributed by atoms with Crippen molar-refractivity contribution < 1.29 is 36.2 Å². The van der Waals surface area contributed by atoms with E-state index in [9.17, 15) is 26.7 Å². The molecule has 1 fully saturated rings. The first-order valence-corrected chi connectivity index (χ1v) is 8.16. The zero-order valence-corrected chi connectivity index (χ0v) is 15.0. The summed E-state index contributed by atoms with van der Waals surface area (Å²) in [5, 5.41) is 2.83. The highest BCUT2D eigenvalue weighted by molar-refractivity contribution is 5.77. The Morgan fingerprint density at radius 2 is 1.85 bits per heavy atom. The molecular weight excluding hydrogens is 375 g/mol. The molecule has 1 aromatic carbocycles. The Morgan fingerprint density at radius 3 is 2.33 bits per heavy atom. The van der Waals surface area contributed by atoms with Crippen molar-refractivity contribution >= 4 is 11.7 Å². The standard InChI is InChI=1S/C17H21F5N2O3/c1-15(2,3)27-14(25)13-9(7-24-13)8-26-12-6-10(23)4-5-11(12)16(18,19)17(20,21)22/h4-6,9,13,24H,7-8,23H2,1-3H3. The number of nitrogen functional groups attached to an aromatic ring is 1. The molecule has 0 spiro atoms. The smallest absolute Gasteiger partial charge is 0.458 e. The summed E-state index contributed by atoms with van der Waals surface area (Å²) >= 11 is 0. The molecule has 1 aromatic rings. The van der Waals surface area contributed by atoms with Gasteiger partial charge < -0.3 is 20.5 Å². The van der Waals surface area contributed by atoms with Crippen LogP contribution in [0.1, 0.15) is 26.3 Å². The molecule has 1 aliphatic heterocycles. The van der Waals surface area contributed by atoms with Crippen molar-refractivity contribution in [2.75, 3.05) is 18.9 Å². The molecule has 2 atom stereocenters. The number of alkyl halides is 5. The molecule has 0 saturated carbocycles. The van der Waals surface area contributed by atoms with Crippen molar-refractivity contribution in [3.8, 4) is 5.75 Å². The van der Waals surface area contributed by atoms with Crippen LogP contribution in [0.15, 0.2) is 18.2 Å². The summed E-state index contributed by atoms with van der Waals surface area (Å²) < 4.78 is 76.0. The molecule has 0 radical (unpaired) electrons. The van der Waals surface area contributed by atoms with Gasteiger partial charge in [0.05, 0.1) is 12.2 Å². The summed E-state index contributed by atoms with van der Waals surface area (Å²) in [5.41, 5.74) is 3.42. The van der Waals surface area contributed by atoms with E-state index >= 15 is 0 Å². The lowest BCUT2D eigenvalue weighted by Crippen LogP contribution is -2.60. The van der Waals surface area contributed by atoms with Gasteiger partial charge in [-0.25, -0.2) is 0 Å². The average molecular weight is 396 g/mol. The Bertz CT molecular complexity index is 701. The molecule has 0 amide bonds. The number of anilines is 1. The van der Waals surface area contributed by atoms with Crippen LogP contribution < -0.4 is 15.8 Å². The fourth-order valence-electron chi connectivity index (χ4n) is 2.47. The van der Waals surface area contributed by atoms with Crippen LogP contribution in [0.4, 0.5) is 27.6 Å². The van der Waals surface area contributed by atoms with Gasteiger partial charge >= 0.3 is 18.1 Å². The fourth-order valence-corrected chi connectivity index (χ4v) is 2.47. The van der Waals surface area contributed by atoms with Crippen LogP contribution in [0, 0.1) is 5.92 Å². The summed E-state index contributed by atoms with van der Waals surface area (Å²) in [6.45, 7) is 5.15. The van der Waals surface area contributed by atoms with E-state index in [1.165, 1.54) is 0 Å². The molecule has 2 rings (SSSR count). The number of esters is 1. The van der Waals surface area contributed by atoms with Crippen molar-refractivity contribution in [1.82, 2.24) is 5.32 Å². The number of hydrogen-bond donors (Lipinski definition) is 2. The number of rotatable bonds is 5. The third-order valence-electron chi connectivity index (χ3n) is 3.88. The van der Waals surface area contributed by atoms with E-state index in [1.807, 2.05) is 0 Å². The fraction of sp³-hybridized carbons (Fsp3) is 0.588. The lowest BCUT2D eigenvalue weighted by Gasteiger charge is -2.37. The Labute approximate surface area is 153 Å². The first-order valence-electron chi connectivity index (χ1n) is 8.16. The zero-order valence-electron chi connectivity index (χ0n) is 15.0. The molecule has 152 valence electrons. The highest BCUT2D eigenvalue weighted by Crippen LogP contribution is 2.47.